The summed E-state index contributed by atoms with van der Waals surface area (Å²) in [5.74, 6) is 0.579. The van der Waals surface area contributed by atoms with Crippen LogP contribution in [-0.2, 0) is 4.79 Å². The number of rotatable bonds is 7. The molecule has 3 aromatic rings. The van der Waals surface area contributed by atoms with E-state index in [4.69, 9.17) is 4.74 Å². The summed E-state index contributed by atoms with van der Waals surface area (Å²) < 4.78 is 7.68. The highest BCUT2D eigenvalue weighted by molar-refractivity contribution is 9.10. The monoisotopic (exact) mass is 469 g/mol. The average molecular weight is 471 g/mol. The van der Waals surface area contributed by atoms with Crippen molar-refractivity contribution in [3.05, 3.63) is 53.0 Å². The normalized spacial score (nSPS) is 10.7. The highest BCUT2D eigenvalue weighted by Crippen LogP contribution is 2.31. The van der Waals surface area contributed by atoms with Crippen molar-refractivity contribution in [2.45, 2.75) is 0 Å². The van der Waals surface area contributed by atoms with Gasteiger partial charge in [0.1, 0.15) is 5.75 Å². The lowest BCUT2D eigenvalue weighted by molar-refractivity contribution is -0.120. The van der Waals surface area contributed by atoms with Crippen LogP contribution in [0.5, 0.6) is 5.75 Å². The molecule has 5 nitrogen and oxygen atoms in total. The topological polar surface area (TPSA) is 45.7 Å². The van der Waals surface area contributed by atoms with E-state index in [9.17, 15) is 4.79 Å². The Morgan fingerprint density at radius 1 is 1.15 bits per heavy atom. The molecule has 8 heteroatoms. The van der Waals surface area contributed by atoms with Crippen molar-refractivity contribution in [1.29, 1.82) is 0 Å². The number of likely N-dealkylation sites (N-methyl/N-ethyl adjacent to an activating group) is 1. The molecule has 27 heavy (non-hydrogen) atoms. The van der Waals surface area contributed by atoms with Gasteiger partial charge < -0.3 is 9.64 Å². The van der Waals surface area contributed by atoms with E-state index < -0.39 is 0 Å². The van der Waals surface area contributed by atoms with Gasteiger partial charge in [-0.1, -0.05) is 45.5 Å². The quantitative estimate of drug-likeness (QED) is 0.512. The number of carbonyl (C=O) groups is 1. The standard InChI is InChI=1S/C19H20BrN3O2S.ClH/c1-22(2)10-11-23(18(24)13-25-15-6-4-3-5-7-15)19-21-16-9-8-14(20)12-17(16)26-19;/h3-9,12H,10-11,13H2,1-2H3;1H. The molecule has 0 aliphatic rings. The number of ether oxygens (including phenoxy) is 1. The van der Waals surface area contributed by atoms with E-state index in [1.54, 1.807) is 4.90 Å². The van der Waals surface area contributed by atoms with Gasteiger partial charge in [-0.05, 0) is 44.4 Å². The SMILES string of the molecule is CN(C)CCN(C(=O)COc1ccccc1)c1nc2ccc(Br)cc2s1.Cl. The van der Waals surface area contributed by atoms with Crippen LogP contribution in [0.1, 0.15) is 0 Å². The van der Waals surface area contributed by atoms with Crippen molar-refractivity contribution >= 4 is 60.9 Å². The first-order chi connectivity index (χ1) is 12.5. The highest BCUT2D eigenvalue weighted by atomic mass is 79.9. The molecule has 0 N–H and O–H groups in total. The van der Waals surface area contributed by atoms with E-state index in [0.29, 0.717) is 17.4 Å². The van der Waals surface area contributed by atoms with Gasteiger partial charge in [0.15, 0.2) is 11.7 Å². The minimum atomic E-state index is -0.103. The van der Waals surface area contributed by atoms with Crippen molar-refractivity contribution in [2.24, 2.45) is 0 Å². The summed E-state index contributed by atoms with van der Waals surface area (Å²) in [5, 5.41) is 0.696. The van der Waals surface area contributed by atoms with Gasteiger partial charge in [-0.15, -0.1) is 12.4 Å². The van der Waals surface area contributed by atoms with Gasteiger partial charge in [0.2, 0.25) is 0 Å². The minimum absolute atomic E-state index is 0. The van der Waals surface area contributed by atoms with Crippen molar-refractivity contribution in [3.63, 3.8) is 0 Å². The number of carbonyl (C=O) groups excluding carboxylic acids is 1. The van der Waals surface area contributed by atoms with E-state index in [2.05, 4.69) is 20.9 Å². The van der Waals surface area contributed by atoms with Crippen molar-refractivity contribution in [1.82, 2.24) is 9.88 Å². The molecule has 1 heterocycles. The van der Waals surface area contributed by atoms with Gasteiger partial charge in [0.05, 0.1) is 10.2 Å². The van der Waals surface area contributed by atoms with E-state index in [0.717, 1.165) is 21.2 Å². The van der Waals surface area contributed by atoms with Crippen LogP contribution >= 0.6 is 39.7 Å². The van der Waals surface area contributed by atoms with Gasteiger partial charge in [-0.3, -0.25) is 9.69 Å². The zero-order valence-corrected chi connectivity index (χ0v) is 18.3. The van der Waals surface area contributed by atoms with Crippen molar-refractivity contribution in [3.8, 4) is 5.75 Å². The molecule has 1 aromatic heterocycles. The van der Waals surface area contributed by atoms with E-state index in [-0.39, 0.29) is 24.9 Å². The summed E-state index contributed by atoms with van der Waals surface area (Å²) in [5.41, 5.74) is 0.889. The predicted octanol–water partition coefficient (Wildman–Crippen LogP) is 4.45. The molecule has 0 spiro atoms. The Balaban J connectivity index is 0.00000261. The molecular weight excluding hydrogens is 450 g/mol. The van der Waals surface area contributed by atoms with Gasteiger partial charge in [0.25, 0.3) is 5.91 Å². The third kappa shape index (κ3) is 5.90. The lowest BCUT2D eigenvalue weighted by Crippen LogP contribution is -2.39. The molecule has 0 saturated carbocycles. The number of nitrogens with zero attached hydrogens (tertiary/aromatic N) is 3. The second kappa shape index (κ2) is 10.0. The minimum Gasteiger partial charge on any atom is -0.484 e. The van der Waals surface area contributed by atoms with Gasteiger partial charge in [-0.25, -0.2) is 4.98 Å². The molecule has 0 atom stereocenters. The van der Waals surface area contributed by atoms with Crippen LogP contribution in [-0.4, -0.2) is 49.6 Å². The van der Waals surface area contributed by atoms with Crippen LogP contribution in [0.3, 0.4) is 0 Å². The molecule has 0 aliphatic heterocycles. The first kappa shape index (κ1) is 21.6. The predicted molar refractivity (Wildman–Crippen MR) is 117 cm³/mol. The Bertz CT molecular complexity index is 889. The Kier molecular flexibility index (Phi) is 8.04. The molecule has 3 rings (SSSR count). The maximum absolute atomic E-state index is 12.8. The molecule has 0 radical (unpaired) electrons. The Hall–Kier alpha value is -1.67. The number of amides is 1. The van der Waals surface area contributed by atoms with Crippen molar-refractivity contribution in [2.75, 3.05) is 38.7 Å². The molecule has 0 bridgehead atoms. The number of fused-ring (bicyclic) bond motifs is 1. The molecule has 2 aromatic carbocycles. The molecule has 0 fully saturated rings. The first-order valence-electron chi connectivity index (χ1n) is 8.22. The third-order valence-corrected chi connectivity index (χ3v) is 5.28. The zero-order valence-electron chi connectivity index (χ0n) is 15.1. The number of aromatic nitrogens is 1. The van der Waals surface area contributed by atoms with Gasteiger partial charge in [0, 0.05) is 17.6 Å². The molecule has 0 aliphatic carbocycles. The Labute approximate surface area is 177 Å². The lowest BCUT2D eigenvalue weighted by atomic mass is 10.3. The van der Waals surface area contributed by atoms with Gasteiger partial charge in [-0.2, -0.15) is 0 Å². The zero-order chi connectivity index (χ0) is 18.5. The summed E-state index contributed by atoms with van der Waals surface area (Å²) in [7, 11) is 3.97. The molecule has 144 valence electrons. The van der Waals surface area contributed by atoms with Crippen LogP contribution < -0.4 is 9.64 Å². The fraction of sp³-hybridized carbons (Fsp3) is 0.263. The van der Waals surface area contributed by atoms with E-state index >= 15 is 0 Å². The Morgan fingerprint density at radius 2 is 1.89 bits per heavy atom. The smallest absolute Gasteiger partial charge is 0.266 e. The van der Waals surface area contributed by atoms with Crippen LogP contribution in [0.25, 0.3) is 10.2 Å². The first-order valence-corrected chi connectivity index (χ1v) is 9.83. The second-order valence-corrected chi connectivity index (χ2v) is 7.98. The number of benzene rings is 2. The number of para-hydroxylation sites is 1. The number of halogens is 2. The summed E-state index contributed by atoms with van der Waals surface area (Å²) in [4.78, 5) is 21.2. The number of hydrogen-bond donors (Lipinski definition) is 0. The number of hydrogen-bond acceptors (Lipinski definition) is 5. The second-order valence-electron chi connectivity index (χ2n) is 6.06. The average Bonchev–Trinajstić information content (AvgIpc) is 3.03. The van der Waals surface area contributed by atoms with Crippen LogP contribution in [0, 0.1) is 0 Å². The summed E-state index contributed by atoms with van der Waals surface area (Å²) in [6.07, 6.45) is 0. The number of thiazole rings is 1. The Morgan fingerprint density at radius 3 is 2.59 bits per heavy atom. The van der Waals surface area contributed by atoms with E-state index in [1.165, 1.54) is 11.3 Å². The molecule has 0 saturated heterocycles. The van der Waals surface area contributed by atoms with Crippen LogP contribution in [0.2, 0.25) is 0 Å². The third-order valence-electron chi connectivity index (χ3n) is 3.75. The summed E-state index contributed by atoms with van der Waals surface area (Å²) in [6, 6.07) is 15.3. The highest BCUT2D eigenvalue weighted by Gasteiger charge is 2.20. The van der Waals surface area contributed by atoms with Crippen LogP contribution in [0.4, 0.5) is 5.13 Å². The fourth-order valence-electron chi connectivity index (χ4n) is 2.37. The summed E-state index contributed by atoms with van der Waals surface area (Å²) in [6.45, 7) is 1.29. The summed E-state index contributed by atoms with van der Waals surface area (Å²) >= 11 is 4.99. The largest absolute Gasteiger partial charge is 0.484 e. The van der Waals surface area contributed by atoms with Gasteiger partial charge >= 0.3 is 0 Å². The van der Waals surface area contributed by atoms with Crippen LogP contribution in [0.15, 0.2) is 53.0 Å². The van der Waals surface area contributed by atoms with Crippen molar-refractivity contribution < 1.29 is 9.53 Å². The number of anilines is 1. The molecular formula is C19H21BrClN3O2S. The van der Waals surface area contributed by atoms with E-state index in [1.807, 2.05) is 67.5 Å². The fourth-order valence-corrected chi connectivity index (χ4v) is 3.93. The molecule has 1 amide bonds. The maximum atomic E-state index is 12.8. The maximum Gasteiger partial charge on any atom is 0.266 e. The molecule has 0 unspecified atom stereocenters. The lowest BCUT2D eigenvalue weighted by Gasteiger charge is -2.22.